The summed E-state index contributed by atoms with van der Waals surface area (Å²) in [6.07, 6.45) is 0. The third-order valence-corrected chi connectivity index (χ3v) is 2.79. The van der Waals surface area contributed by atoms with Crippen LogP contribution in [-0.2, 0) is 0 Å². The van der Waals surface area contributed by atoms with Crippen molar-refractivity contribution in [2.45, 2.75) is 0 Å². The van der Waals surface area contributed by atoms with Gasteiger partial charge in [-0.2, -0.15) is 0 Å². The van der Waals surface area contributed by atoms with Crippen molar-refractivity contribution in [3.8, 4) is 11.3 Å². The van der Waals surface area contributed by atoms with Crippen LogP contribution in [0, 0.1) is 0 Å². The Bertz CT molecular complexity index is 508. The monoisotopic (exact) mass is 220 g/mol. The number of carboxylic acids is 1. The number of aromatic nitrogens is 1. The molecule has 0 aliphatic carbocycles. The van der Waals surface area contributed by atoms with Crippen LogP contribution in [0.2, 0.25) is 0 Å². The van der Waals surface area contributed by atoms with Crippen molar-refractivity contribution < 1.29 is 9.90 Å². The average molecular weight is 220 g/mol. The van der Waals surface area contributed by atoms with Crippen molar-refractivity contribution in [3.63, 3.8) is 0 Å². The van der Waals surface area contributed by atoms with Crippen molar-refractivity contribution in [1.29, 1.82) is 0 Å². The molecule has 76 valence electrons. The zero-order valence-electron chi connectivity index (χ0n) is 7.68. The summed E-state index contributed by atoms with van der Waals surface area (Å²) in [4.78, 5) is 15.1. The van der Waals surface area contributed by atoms with Gasteiger partial charge in [0.25, 0.3) is 0 Å². The molecule has 0 radical (unpaired) electrons. The molecule has 0 bridgehead atoms. The van der Waals surface area contributed by atoms with E-state index in [-0.39, 0.29) is 4.88 Å². The first-order chi connectivity index (χ1) is 7.20. The van der Waals surface area contributed by atoms with Gasteiger partial charge in [0.05, 0.1) is 11.2 Å². The maximum absolute atomic E-state index is 10.9. The van der Waals surface area contributed by atoms with E-state index in [9.17, 15) is 4.79 Å². The van der Waals surface area contributed by atoms with Crippen LogP contribution in [0.4, 0.5) is 5.69 Å². The van der Waals surface area contributed by atoms with Gasteiger partial charge in [-0.05, 0) is 6.07 Å². The molecule has 0 atom stereocenters. The second-order valence-corrected chi connectivity index (χ2v) is 3.78. The summed E-state index contributed by atoms with van der Waals surface area (Å²) in [5.74, 6) is -0.976. The largest absolute Gasteiger partial charge is 0.477 e. The van der Waals surface area contributed by atoms with E-state index in [2.05, 4.69) is 4.98 Å². The van der Waals surface area contributed by atoms with Gasteiger partial charge >= 0.3 is 5.97 Å². The van der Waals surface area contributed by atoms with Crippen molar-refractivity contribution in [3.05, 3.63) is 34.7 Å². The zero-order valence-corrected chi connectivity index (χ0v) is 8.49. The van der Waals surface area contributed by atoms with Crippen LogP contribution in [0.15, 0.2) is 29.8 Å². The van der Waals surface area contributed by atoms with Gasteiger partial charge in [-0.1, -0.05) is 18.2 Å². The lowest BCUT2D eigenvalue weighted by atomic mass is 10.1. The number of nitrogens with zero attached hydrogens (tertiary/aromatic N) is 1. The van der Waals surface area contributed by atoms with Gasteiger partial charge in [-0.15, -0.1) is 11.3 Å². The molecule has 2 aromatic rings. The Hall–Kier alpha value is -1.88. The smallest absolute Gasteiger partial charge is 0.348 e. The fourth-order valence-corrected chi connectivity index (χ4v) is 1.94. The van der Waals surface area contributed by atoms with Gasteiger partial charge in [-0.25, -0.2) is 9.78 Å². The molecule has 0 spiro atoms. The molecule has 1 heterocycles. The Morgan fingerprint density at radius 1 is 1.40 bits per heavy atom. The highest BCUT2D eigenvalue weighted by molar-refractivity contribution is 7.12. The summed E-state index contributed by atoms with van der Waals surface area (Å²) in [5, 5.41) is 8.94. The number of hydrogen-bond acceptors (Lipinski definition) is 4. The lowest BCUT2D eigenvalue weighted by Gasteiger charge is -2.02. The third-order valence-electron chi connectivity index (χ3n) is 1.98. The normalized spacial score (nSPS) is 10.1. The highest BCUT2D eigenvalue weighted by atomic mass is 32.1. The SMILES string of the molecule is Nc1ccccc1-c1ncsc1C(=O)O. The first-order valence-electron chi connectivity index (χ1n) is 4.22. The molecule has 0 aliphatic heterocycles. The molecular weight excluding hydrogens is 212 g/mol. The maximum Gasteiger partial charge on any atom is 0.348 e. The number of carbonyl (C=O) groups is 1. The summed E-state index contributed by atoms with van der Waals surface area (Å²) in [7, 11) is 0. The first-order valence-corrected chi connectivity index (χ1v) is 5.10. The summed E-state index contributed by atoms with van der Waals surface area (Å²) >= 11 is 1.09. The van der Waals surface area contributed by atoms with Crippen LogP contribution >= 0.6 is 11.3 Å². The van der Waals surface area contributed by atoms with E-state index >= 15 is 0 Å². The van der Waals surface area contributed by atoms with Gasteiger partial charge in [0.1, 0.15) is 4.88 Å². The van der Waals surface area contributed by atoms with Crippen LogP contribution in [0.1, 0.15) is 9.67 Å². The number of anilines is 1. The molecule has 15 heavy (non-hydrogen) atoms. The number of thiazole rings is 1. The Balaban J connectivity index is 2.59. The number of nitrogens with two attached hydrogens (primary N) is 1. The van der Waals surface area contributed by atoms with Crippen LogP contribution in [-0.4, -0.2) is 16.1 Å². The number of para-hydroxylation sites is 1. The topological polar surface area (TPSA) is 76.2 Å². The predicted molar refractivity (Wildman–Crippen MR) is 58.9 cm³/mol. The number of aromatic carboxylic acids is 1. The summed E-state index contributed by atoms with van der Waals surface area (Å²) in [6, 6.07) is 7.08. The molecule has 3 N–H and O–H groups in total. The second kappa shape index (κ2) is 3.70. The fraction of sp³-hybridized carbons (Fsp3) is 0. The number of benzene rings is 1. The number of rotatable bonds is 2. The molecule has 0 aliphatic rings. The summed E-state index contributed by atoms with van der Waals surface area (Å²) in [6.45, 7) is 0. The van der Waals surface area contributed by atoms with Crippen molar-refractivity contribution in [2.75, 3.05) is 5.73 Å². The van der Waals surface area contributed by atoms with E-state index < -0.39 is 5.97 Å². The highest BCUT2D eigenvalue weighted by Gasteiger charge is 2.16. The van der Waals surface area contributed by atoms with Crippen molar-refractivity contribution in [1.82, 2.24) is 4.98 Å². The Labute approximate surface area is 90.0 Å². The van der Waals surface area contributed by atoms with Crippen LogP contribution in [0.25, 0.3) is 11.3 Å². The zero-order chi connectivity index (χ0) is 10.8. The van der Waals surface area contributed by atoms with E-state index in [0.717, 1.165) is 11.3 Å². The van der Waals surface area contributed by atoms with Gasteiger partial charge in [0, 0.05) is 11.3 Å². The quantitative estimate of drug-likeness (QED) is 0.760. The number of nitrogen functional groups attached to an aromatic ring is 1. The highest BCUT2D eigenvalue weighted by Crippen LogP contribution is 2.29. The molecule has 5 heteroatoms. The fourth-order valence-electron chi connectivity index (χ4n) is 1.30. The van der Waals surface area contributed by atoms with Crippen LogP contribution in [0.5, 0.6) is 0 Å². The molecule has 0 amide bonds. The van der Waals surface area contributed by atoms with E-state index in [1.165, 1.54) is 5.51 Å². The minimum atomic E-state index is -0.976. The molecule has 1 aromatic heterocycles. The summed E-state index contributed by atoms with van der Waals surface area (Å²) < 4.78 is 0. The molecule has 0 saturated carbocycles. The Kier molecular flexibility index (Phi) is 2.39. The Morgan fingerprint density at radius 2 is 2.13 bits per heavy atom. The predicted octanol–water partition coefficient (Wildman–Crippen LogP) is 2.09. The van der Waals surface area contributed by atoms with Gasteiger partial charge in [0.2, 0.25) is 0 Å². The summed E-state index contributed by atoms with van der Waals surface area (Å²) in [5.41, 5.74) is 8.89. The second-order valence-electron chi connectivity index (χ2n) is 2.92. The molecule has 0 fully saturated rings. The van der Waals surface area contributed by atoms with Crippen molar-refractivity contribution >= 4 is 23.0 Å². The number of carboxylic acid groups (broad SMARTS) is 1. The molecular formula is C10H8N2O2S. The average Bonchev–Trinajstić information content (AvgIpc) is 2.67. The molecule has 1 aromatic carbocycles. The minimum Gasteiger partial charge on any atom is -0.477 e. The standard InChI is InChI=1S/C10H8N2O2S/c11-7-4-2-1-3-6(7)8-9(10(13)14)15-5-12-8/h1-5H,11H2,(H,13,14). The van der Waals surface area contributed by atoms with Gasteiger partial charge < -0.3 is 10.8 Å². The lowest BCUT2D eigenvalue weighted by molar-refractivity contribution is 0.0703. The van der Waals surface area contributed by atoms with Crippen molar-refractivity contribution in [2.24, 2.45) is 0 Å². The minimum absolute atomic E-state index is 0.216. The van der Waals surface area contributed by atoms with E-state index in [1.807, 2.05) is 0 Å². The van der Waals surface area contributed by atoms with Gasteiger partial charge in [0.15, 0.2) is 0 Å². The maximum atomic E-state index is 10.9. The van der Waals surface area contributed by atoms with Crippen LogP contribution < -0.4 is 5.73 Å². The van der Waals surface area contributed by atoms with E-state index in [1.54, 1.807) is 24.3 Å². The molecule has 4 nitrogen and oxygen atoms in total. The first kappa shape index (κ1) is 9.67. The van der Waals surface area contributed by atoms with Gasteiger partial charge in [-0.3, -0.25) is 0 Å². The third kappa shape index (κ3) is 1.69. The van der Waals surface area contributed by atoms with E-state index in [0.29, 0.717) is 16.9 Å². The van der Waals surface area contributed by atoms with Crippen LogP contribution in [0.3, 0.4) is 0 Å². The Morgan fingerprint density at radius 3 is 2.80 bits per heavy atom. The molecule has 2 rings (SSSR count). The lowest BCUT2D eigenvalue weighted by Crippen LogP contribution is -1.97. The molecule has 0 saturated heterocycles. The number of hydrogen-bond donors (Lipinski definition) is 2. The van der Waals surface area contributed by atoms with E-state index in [4.69, 9.17) is 10.8 Å². The molecule has 0 unspecified atom stereocenters.